The van der Waals surface area contributed by atoms with Gasteiger partial charge in [-0.1, -0.05) is 12.1 Å². The summed E-state index contributed by atoms with van der Waals surface area (Å²) in [5.41, 5.74) is 2.54. The molecule has 1 saturated heterocycles. The number of nitrogens with zero attached hydrogens (tertiary/aromatic N) is 2. The van der Waals surface area contributed by atoms with Gasteiger partial charge in [-0.05, 0) is 37.0 Å². The van der Waals surface area contributed by atoms with E-state index in [0.29, 0.717) is 6.54 Å². The number of hydrogen-bond donors (Lipinski definition) is 1. The molecular formula is C16H25N3O. The molecule has 1 aromatic rings. The van der Waals surface area contributed by atoms with Crippen LogP contribution in [0.25, 0.3) is 0 Å². The van der Waals surface area contributed by atoms with Crippen LogP contribution in [-0.2, 0) is 11.3 Å². The molecule has 1 heterocycles. The zero-order chi connectivity index (χ0) is 14.4. The molecule has 1 fully saturated rings. The molecular weight excluding hydrogens is 250 g/mol. The van der Waals surface area contributed by atoms with Gasteiger partial charge in [-0.2, -0.15) is 0 Å². The van der Waals surface area contributed by atoms with E-state index in [9.17, 15) is 4.79 Å². The molecule has 1 aliphatic rings. The van der Waals surface area contributed by atoms with E-state index in [-0.39, 0.29) is 5.91 Å². The first-order valence-electron chi connectivity index (χ1n) is 7.41. The molecule has 4 nitrogen and oxygen atoms in total. The number of hydrogen-bond acceptors (Lipinski definition) is 3. The van der Waals surface area contributed by atoms with Crippen molar-refractivity contribution in [1.29, 1.82) is 0 Å². The maximum Gasteiger partial charge on any atom is 0.236 e. The van der Waals surface area contributed by atoms with E-state index in [1.54, 1.807) is 19.0 Å². The van der Waals surface area contributed by atoms with E-state index < -0.39 is 0 Å². The lowest BCUT2D eigenvalue weighted by molar-refractivity contribution is -0.127. The second-order valence-corrected chi connectivity index (χ2v) is 5.61. The van der Waals surface area contributed by atoms with E-state index in [1.807, 2.05) is 0 Å². The highest BCUT2D eigenvalue weighted by Crippen LogP contribution is 2.20. The Morgan fingerprint density at radius 3 is 2.40 bits per heavy atom. The van der Waals surface area contributed by atoms with Crippen molar-refractivity contribution < 1.29 is 4.79 Å². The molecule has 0 saturated carbocycles. The summed E-state index contributed by atoms with van der Waals surface area (Å²) in [6, 6.07) is 8.68. The number of nitrogens with one attached hydrogen (secondary N) is 1. The van der Waals surface area contributed by atoms with Crippen LogP contribution in [-0.4, -0.2) is 44.5 Å². The summed E-state index contributed by atoms with van der Waals surface area (Å²) >= 11 is 0. The predicted molar refractivity (Wildman–Crippen MR) is 82.9 cm³/mol. The number of amides is 1. The fourth-order valence-corrected chi connectivity index (χ4v) is 2.45. The van der Waals surface area contributed by atoms with E-state index in [0.717, 1.165) is 6.54 Å². The van der Waals surface area contributed by atoms with Crippen LogP contribution in [0.4, 0.5) is 5.69 Å². The van der Waals surface area contributed by atoms with Crippen LogP contribution < -0.4 is 10.2 Å². The number of rotatable bonds is 5. The number of carbonyl (C=O) groups excluding carboxylic acids is 1. The van der Waals surface area contributed by atoms with Crippen LogP contribution in [0, 0.1) is 0 Å². The summed E-state index contributed by atoms with van der Waals surface area (Å²) in [6.45, 7) is 3.48. The molecule has 1 amide bonds. The Morgan fingerprint density at radius 1 is 1.15 bits per heavy atom. The van der Waals surface area contributed by atoms with Crippen molar-refractivity contribution in [3.63, 3.8) is 0 Å². The summed E-state index contributed by atoms with van der Waals surface area (Å²) in [6.07, 6.45) is 3.96. The maximum atomic E-state index is 11.5. The van der Waals surface area contributed by atoms with Gasteiger partial charge in [-0.25, -0.2) is 0 Å². The van der Waals surface area contributed by atoms with E-state index in [1.165, 1.54) is 43.6 Å². The minimum atomic E-state index is 0.106. The molecule has 0 spiro atoms. The molecule has 4 heteroatoms. The molecule has 0 aliphatic carbocycles. The first-order chi connectivity index (χ1) is 9.66. The molecule has 1 aliphatic heterocycles. The van der Waals surface area contributed by atoms with Crippen molar-refractivity contribution >= 4 is 11.6 Å². The fraction of sp³-hybridized carbons (Fsp3) is 0.562. The molecule has 1 aromatic carbocycles. The van der Waals surface area contributed by atoms with Crippen molar-refractivity contribution in [2.75, 3.05) is 38.6 Å². The lowest BCUT2D eigenvalue weighted by Crippen LogP contribution is -2.32. The van der Waals surface area contributed by atoms with Gasteiger partial charge in [0.25, 0.3) is 0 Å². The van der Waals surface area contributed by atoms with Gasteiger partial charge >= 0.3 is 0 Å². The second-order valence-electron chi connectivity index (χ2n) is 5.61. The van der Waals surface area contributed by atoms with Crippen LogP contribution in [0.5, 0.6) is 0 Å². The van der Waals surface area contributed by atoms with Gasteiger partial charge in [0, 0.05) is 39.4 Å². The van der Waals surface area contributed by atoms with Crippen LogP contribution in [0.15, 0.2) is 24.3 Å². The van der Waals surface area contributed by atoms with Crippen LogP contribution in [0.3, 0.4) is 0 Å². The number of benzene rings is 1. The Morgan fingerprint density at radius 2 is 1.80 bits per heavy atom. The van der Waals surface area contributed by atoms with Gasteiger partial charge in [0.1, 0.15) is 0 Å². The fourth-order valence-electron chi connectivity index (χ4n) is 2.45. The number of anilines is 1. The maximum absolute atomic E-state index is 11.5. The largest absolute Gasteiger partial charge is 0.372 e. The number of piperidine rings is 1. The third kappa shape index (κ3) is 4.23. The average molecular weight is 275 g/mol. The van der Waals surface area contributed by atoms with Gasteiger partial charge in [0.2, 0.25) is 5.91 Å². The molecule has 2 rings (SSSR count). The van der Waals surface area contributed by atoms with Gasteiger partial charge in [0.15, 0.2) is 0 Å². The van der Waals surface area contributed by atoms with Crippen LogP contribution in [0.1, 0.15) is 24.8 Å². The molecule has 0 bridgehead atoms. The smallest absolute Gasteiger partial charge is 0.236 e. The van der Waals surface area contributed by atoms with E-state index in [4.69, 9.17) is 0 Å². The molecule has 1 N–H and O–H groups in total. The average Bonchev–Trinajstić information content (AvgIpc) is 2.48. The highest BCUT2D eigenvalue weighted by atomic mass is 16.2. The van der Waals surface area contributed by atoms with Crippen LogP contribution >= 0.6 is 0 Å². The standard InChI is InChI=1S/C16H25N3O/c1-18(2)16(20)13-17-12-14-6-8-15(9-7-14)19-10-4-3-5-11-19/h6-9,17H,3-5,10-13H2,1-2H3. The molecule has 0 atom stereocenters. The minimum Gasteiger partial charge on any atom is -0.372 e. The predicted octanol–water partition coefficient (Wildman–Crippen LogP) is 1.85. The Kier molecular flexibility index (Phi) is 5.41. The van der Waals surface area contributed by atoms with Gasteiger partial charge in [-0.15, -0.1) is 0 Å². The topological polar surface area (TPSA) is 35.6 Å². The molecule has 0 aromatic heterocycles. The Labute approximate surface area is 121 Å². The van der Waals surface area contributed by atoms with E-state index in [2.05, 4.69) is 34.5 Å². The van der Waals surface area contributed by atoms with E-state index >= 15 is 0 Å². The van der Waals surface area contributed by atoms with Crippen molar-refractivity contribution in [3.05, 3.63) is 29.8 Å². The first kappa shape index (κ1) is 14.9. The summed E-state index contributed by atoms with van der Waals surface area (Å²) in [5.74, 6) is 0.106. The van der Waals surface area contributed by atoms with Crippen molar-refractivity contribution in [2.45, 2.75) is 25.8 Å². The van der Waals surface area contributed by atoms with Crippen molar-refractivity contribution in [1.82, 2.24) is 10.2 Å². The third-order valence-electron chi connectivity index (χ3n) is 3.76. The number of carbonyl (C=O) groups is 1. The zero-order valence-electron chi connectivity index (χ0n) is 12.6. The van der Waals surface area contributed by atoms with Crippen molar-refractivity contribution in [3.8, 4) is 0 Å². The minimum absolute atomic E-state index is 0.106. The molecule has 0 unspecified atom stereocenters. The van der Waals surface area contributed by atoms with Crippen LogP contribution in [0.2, 0.25) is 0 Å². The highest BCUT2D eigenvalue weighted by molar-refractivity contribution is 5.77. The Bertz CT molecular complexity index is 422. The quantitative estimate of drug-likeness (QED) is 0.891. The Balaban J connectivity index is 1.80. The Hall–Kier alpha value is -1.55. The summed E-state index contributed by atoms with van der Waals surface area (Å²) in [7, 11) is 3.55. The normalized spacial score (nSPS) is 15.2. The van der Waals surface area contributed by atoms with Gasteiger partial charge < -0.3 is 15.1 Å². The molecule has 0 radical (unpaired) electrons. The molecule has 20 heavy (non-hydrogen) atoms. The van der Waals surface area contributed by atoms with Gasteiger partial charge in [0.05, 0.1) is 6.54 Å². The third-order valence-corrected chi connectivity index (χ3v) is 3.76. The highest BCUT2D eigenvalue weighted by Gasteiger charge is 2.10. The summed E-state index contributed by atoms with van der Waals surface area (Å²) < 4.78 is 0. The van der Waals surface area contributed by atoms with Gasteiger partial charge in [-0.3, -0.25) is 4.79 Å². The first-order valence-corrected chi connectivity index (χ1v) is 7.41. The SMILES string of the molecule is CN(C)C(=O)CNCc1ccc(N2CCCCC2)cc1. The lowest BCUT2D eigenvalue weighted by atomic mass is 10.1. The molecule has 110 valence electrons. The van der Waals surface area contributed by atoms with Crippen molar-refractivity contribution in [2.24, 2.45) is 0 Å². The second kappa shape index (κ2) is 7.29. The number of likely N-dealkylation sites (N-methyl/N-ethyl adjacent to an activating group) is 1. The zero-order valence-corrected chi connectivity index (χ0v) is 12.6. The summed E-state index contributed by atoms with van der Waals surface area (Å²) in [4.78, 5) is 15.5. The lowest BCUT2D eigenvalue weighted by Gasteiger charge is -2.28. The monoisotopic (exact) mass is 275 g/mol. The summed E-state index contributed by atoms with van der Waals surface area (Å²) in [5, 5.41) is 3.18.